The van der Waals surface area contributed by atoms with Gasteiger partial charge < -0.3 is 10.1 Å². The first-order valence-corrected chi connectivity index (χ1v) is 7.34. The van der Waals surface area contributed by atoms with Crippen molar-refractivity contribution in [3.8, 4) is 0 Å². The number of carbonyl (C=O) groups is 1. The molecular formula is C18H18FNO2. The Bertz CT molecular complexity index is 685. The van der Waals surface area contributed by atoms with Crippen LogP contribution in [0.4, 0.5) is 4.39 Å². The predicted molar refractivity (Wildman–Crippen MR) is 82.2 cm³/mol. The first kappa shape index (κ1) is 14.7. The van der Waals surface area contributed by atoms with E-state index in [1.165, 1.54) is 18.7 Å². The fourth-order valence-corrected chi connectivity index (χ4v) is 2.93. The van der Waals surface area contributed by atoms with Crippen LogP contribution in [0.25, 0.3) is 0 Å². The number of benzene rings is 2. The Morgan fingerprint density at radius 1 is 1.32 bits per heavy atom. The van der Waals surface area contributed by atoms with Crippen LogP contribution >= 0.6 is 0 Å². The maximum atomic E-state index is 14.3. The van der Waals surface area contributed by atoms with Crippen LogP contribution in [-0.4, -0.2) is 19.1 Å². The minimum Gasteiger partial charge on any atom is -0.465 e. The van der Waals surface area contributed by atoms with E-state index in [1.807, 2.05) is 18.2 Å². The molecule has 1 aliphatic rings. The molecular weight excluding hydrogens is 281 g/mol. The molecule has 2 aromatic rings. The zero-order chi connectivity index (χ0) is 15.5. The Labute approximate surface area is 129 Å². The molecule has 1 unspecified atom stereocenters. The summed E-state index contributed by atoms with van der Waals surface area (Å²) in [6.45, 7) is 0.564. The zero-order valence-electron chi connectivity index (χ0n) is 12.4. The third kappa shape index (κ3) is 3.02. The number of hydrogen-bond donors (Lipinski definition) is 1. The third-order valence-corrected chi connectivity index (χ3v) is 4.07. The van der Waals surface area contributed by atoms with Gasteiger partial charge in [-0.3, -0.25) is 0 Å². The van der Waals surface area contributed by atoms with Crippen LogP contribution in [0, 0.1) is 5.82 Å². The molecule has 0 aliphatic carbocycles. The van der Waals surface area contributed by atoms with Gasteiger partial charge >= 0.3 is 5.97 Å². The number of esters is 1. The lowest BCUT2D eigenvalue weighted by molar-refractivity contribution is 0.0600. The van der Waals surface area contributed by atoms with Crippen molar-refractivity contribution in [1.29, 1.82) is 0 Å². The number of rotatable bonds is 3. The summed E-state index contributed by atoms with van der Waals surface area (Å²) in [4.78, 5) is 11.5. The molecule has 2 aromatic carbocycles. The highest BCUT2D eigenvalue weighted by molar-refractivity contribution is 5.89. The molecule has 0 saturated heterocycles. The van der Waals surface area contributed by atoms with E-state index in [9.17, 15) is 9.18 Å². The van der Waals surface area contributed by atoms with Gasteiger partial charge in [-0.05, 0) is 41.7 Å². The monoisotopic (exact) mass is 299 g/mol. The second-order valence-corrected chi connectivity index (χ2v) is 5.56. The van der Waals surface area contributed by atoms with Gasteiger partial charge in [0.2, 0.25) is 0 Å². The van der Waals surface area contributed by atoms with E-state index in [1.54, 1.807) is 6.07 Å². The molecule has 4 heteroatoms. The summed E-state index contributed by atoms with van der Waals surface area (Å²) in [6.07, 6.45) is 1.48. The Morgan fingerprint density at radius 2 is 2.09 bits per heavy atom. The highest BCUT2D eigenvalue weighted by atomic mass is 19.1. The number of nitrogens with one attached hydrogen (secondary N) is 1. The fraction of sp³-hybridized carbons (Fsp3) is 0.278. The van der Waals surface area contributed by atoms with Crippen molar-refractivity contribution < 1.29 is 13.9 Å². The van der Waals surface area contributed by atoms with Gasteiger partial charge in [-0.25, -0.2) is 9.18 Å². The molecule has 0 radical (unpaired) electrons. The maximum Gasteiger partial charge on any atom is 0.337 e. The van der Waals surface area contributed by atoms with Gasteiger partial charge in [-0.1, -0.05) is 30.3 Å². The topological polar surface area (TPSA) is 38.3 Å². The zero-order valence-corrected chi connectivity index (χ0v) is 12.4. The summed E-state index contributed by atoms with van der Waals surface area (Å²) >= 11 is 0. The van der Waals surface area contributed by atoms with Crippen molar-refractivity contribution >= 4 is 5.97 Å². The van der Waals surface area contributed by atoms with Crippen LogP contribution in [0.3, 0.4) is 0 Å². The highest BCUT2D eigenvalue weighted by Crippen LogP contribution is 2.24. The summed E-state index contributed by atoms with van der Waals surface area (Å²) in [5, 5.41) is 3.42. The van der Waals surface area contributed by atoms with E-state index in [2.05, 4.69) is 22.2 Å². The first-order valence-electron chi connectivity index (χ1n) is 7.34. The van der Waals surface area contributed by atoms with Gasteiger partial charge in [0.25, 0.3) is 0 Å². The van der Waals surface area contributed by atoms with Crippen molar-refractivity contribution in [2.75, 3.05) is 7.11 Å². The van der Waals surface area contributed by atoms with E-state index in [0.29, 0.717) is 18.5 Å². The van der Waals surface area contributed by atoms with Crippen molar-refractivity contribution in [2.24, 2.45) is 0 Å². The summed E-state index contributed by atoms with van der Waals surface area (Å²) in [6, 6.07) is 13.4. The molecule has 22 heavy (non-hydrogen) atoms. The van der Waals surface area contributed by atoms with Gasteiger partial charge in [-0.15, -0.1) is 0 Å². The van der Waals surface area contributed by atoms with Gasteiger partial charge in [0, 0.05) is 12.6 Å². The normalized spacial score (nSPS) is 16.9. The summed E-state index contributed by atoms with van der Waals surface area (Å²) in [7, 11) is 1.30. The van der Waals surface area contributed by atoms with E-state index < -0.39 is 5.97 Å². The standard InChI is InChI=1S/C18H18FNO2/c1-22-18(21)13-8-14-11-20-15(10-16(14)17(19)9-13)7-12-5-3-2-4-6-12/h2-6,8-9,15,20H,7,10-11H2,1H3. The van der Waals surface area contributed by atoms with Crippen molar-refractivity contribution in [1.82, 2.24) is 5.32 Å². The van der Waals surface area contributed by atoms with E-state index >= 15 is 0 Å². The van der Waals surface area contributed by atoms with E-state index in [0.717, 1.165) is 12.0 Å². The Hall–Kier alpha value is -2.20. The molecule has 3 nitrogen and oxygen atoms in total. The molecule has 0 fully saturated rings. The number of ether oxygens (including phenoxy) is 1. The Balaban J connectivity index is 1.80. The number of methoxy groups -OCH3 is 1. The van der Waals surface area contributed by atoms with Crippen LogP contribution in [0.5, 0.6) is 0 Å². The lowest BCUT2D eigenvalue weighted by Gasteiger charge is -2.27. The minimum atomic E-state index is -0.506. The largest absolute Gasteiger partial charge is 0.465 e. The average Bonchev–Trinajstić information content (AvgIpc) is 2.55. The molecule has 0 bridgehead atoms. The molecule has 1 N–H and O–H groups in total. The summed E-state index contributed by atoms with van der Waals surface area (Å²) in [5.74, 6) is -0.828. The maximum absolute atomic E-state index is 14.3. The van der Waals surface area contributed by atoms with Gasteiger partial charge in [0.05, 0.1) is 12.7 Å². The lowest BCUT2D eigenvalue weighted by atomic mass is 9.90. The van der Waals surface area contributed by atoms with Crippen LogP contribution < -0.4 is 5.32 Å². The minimum absolute atomic E-state index is 0.202. The number of carbonyl (C=O) groups excluding carboxylic acids is 1. The van der Waals surface area contributed by atoms with Gasteiger partial charge in [0.15, 0.2) is 0 Å². The second-order valence-electron chi connectivity index (χ2n) is 5.56. The Morgan fingerprint density at radius 3 is 2.82 bits per heavy atom. The van der Waals surface area contributed by atoms with Crippen LogP contribution in [0.15, 0.2) is 42.5 Å². The molecule has 1 heterocycles. The fourth-order valence-electron chi connectivity index (χ4n) is 2.93. The van der Waals surface area contributed by atoms with E-state index in [4.69, 9.17) is 0 Å². The molecule has 0 amide bonds. The van der Waals surface area contributed by atoms with Crippen molar-refractivity contribution in [3.05, 3.63) is 70.5 Å². The smallest absolute Gasteiger partial charge is 0.337 e. The van der Waals surface area contributed by atoms with E-state index in [-0.39, 0.29) is 17.4 Å². The predicted octanol–water partition coefficient (Wildman–Crippen LogP) is 2.87. The lowest BCUT2D eigenvalue weighted by Crippen LogP contribution is -2.37. The first-order chi connectivity index (χ1) is 10.7. The number of hydrogen-bond acceptors (Lipinski definition) is 3. The van der Waals surface area contributed by atoms with Crippen LogP contribution in [0.1, 0.15) is 27.0 Å². The summed E-state index contributed by atoms with van der Waals surface area (Å²) < 4.78 is 19.0. The SMILES string of the molecule is COC(=O)c1cc(F)c2c(c1)CNC(Cc1ccccc1)C2. The molecule has 114 valence electrons. The van der Waals surface area contributed by atoms with Crippen molar-refractivity contribution in [2.45, 2.75) is 25.4 Å². The molecule has 1 aliphatic heterocycles. The van der Waals surface area contributed by atoms with Crippen LogP contribution in [0.2, 0.25) is 0 Å². The molecule has 3 rings (SSSR count). The highest BCUT2D eigenvalue weighted by Gasteiger charge is 2.23. The van der Waals surface area contributed by atoms with Gasteiger partial charge in [0.1, 0.15) is 5.82 Å². The van der Waals surface area contributed by atoms with Crippen molar-refractivity contribution in [3.63, 3.8) is 0 Å². The number of halogens is 1. The molecule has 1 atom stereocenters. The molecule has 0 saturated carbocycles. The number of fused-ring (bicyclic) bond motifs is 1. The third-order valence-electron chi connectivity index (χ3n) is 4.07. The molecule has 0 spiro atoms. The Kier molecular flexibility index (Phi) is 4.20. The van der Waals surface area contributed by atoms with Gasteiger partial charge in [-0.2, -0.15) is 0 Å². The molecule has 0 aromatic heterocycles. The average molecular weight is 299 g/mol. The second kappa shape index (κ2) is 6.28. The summed E-state index contributed by atoms with van der Waals surface area (Å²) in [5.41, 5.74) is 3.04. The van der Waals surface area contributed by atoms with Crippen LogP contribution in [-0.2, 0) is 24.1 Å². The quantitative estimate of drug-likeness (QED) is 0.886.